The molecule has 0 aromatic carbocycles. The van der Waals surface area contributed by atoms with Crippen molar-refractivity contribution in [2.24, 2.45) is 0 Å². The highest BCUT2D eigenvalue weighted by Gasteiger charge is 2.22. The first-order valence-electron chi connectivity index (χ1n) is 6.13. The predicted molar refractivity (Wildman–Crippen MR) is 81.0 cm³/mol. The highest BCUT2D eigenvalue weighted by Crippen LogP contribution is 2.27. The lowest BCUT2D eigenvalue weighted by Gasteiger charge is -2.19. The molecule has 2 aromatic heterocycles. The summed E-state index contributed by atoms with van der Waals surface area (Å²) in [7, 11) is 1.56. The van der Waals surface area contributed by atoms with E-state index in [-0.39, 0.29) is 11.0 Å². The van der Waals surface area contributed by atoms with Gasteiger partial charge >= 0.3 is 0 Å². The number of rotatable bonds is 2. The van der Waals surface area contributed by atoms with E-state index in [4.69, 9.17) is 4.74 Å². The summed E-state index contributed by atoms with van der Waals surface area (Å²) in [6, 6.07) is 3.54. The molecule has 0 bridgehead atoms. The molecule has 20 heavy (non-hydrogen) atoms. The topological polar surface area (TPSA) is 67.9 Å². The average Bonchev–Trinajstić information content (AvgIpc) is 2.40. The number of nitrogens with zero attached hydrogens (tertiary/aromatic N) is 2. The molecule has 0 unspecified atom stereocenters. The van der Waals surface area contributed by atoms with Gasteiger partial charge in [0.25, 0.3) is 5.56 Å². The second-order valence-corrected chi connectivity index (χ2v) is 6.21. The average molecular weight is 338 g/mol. The summed E-state index contributed by atoms with van der Waals surface area (Å²) in [4.78, 5) is 23.4. The Morgan fingerprint density at radius 2 is 2.00 bits per heavy atom. The molecule has 0 radical (unpaired) electrons. The molecule has 0 aliphatic rings. The SMILES string of the molecule is COc1ccc(-c2nc(C(C)(C)C)c(Br)c(=O)[nH]2)cn1. The number of aromatic nitrogens is 3. The van der Waals surface area contributed by atoms with Crippen LogP contribution in [0, 0.1) is 0 Å². The van der Waals surface area contributed by atoms with Crippen molar-refractivity contribution in [2.75, 3.05) is 7.11 Å². The Bertz CT molecular complexity index is 672. The van der Waals surface area contributed by atoms with E-state index in [1.807, 2.05) is 26.8 Å². The lowest BCUT2D eigenvalue weighted by molar-refractivity contribution is 0.398. The zero-order chi connectivity index (χ0) is 14.9. The number of aromatic amines is 1. The Labute approximate surface area is 125 Å². The van der Waals surface area contributed by atoms with Crippen LogP contribution >= 0.6 is 15.9 Å². The Morgan fingerprint density at radius 1 is 1.30 bits per heavy atom. The Hall–Kier alpha value is -1.69. The van der Waals surface area contributed by atoms with Crippen LogP contribution in [-0.2, 0) is 5.41 Å². The van der Waals surface area contributed by atoms with E-state index in [0.29, 0.717) is 21.9 Å². The molecule has 0 aliphatic carbocycles. The van der Waals surface area contributed by atoms with Crippen molar-refractivity contribution in [3.8, 4) is 17.3 Å². The quantitative estimate of drug-likeness (QED) is 0.914. The van der Waals surface area contributed by atoms with E-state index in [1.54, 1.807) is 19.4 Å². The monoisotopic (exact) mass is 337 g/mol. The molecule has 2 rings (SSSR count). The molecule has 0 atom stereocenters. The van der Waals surface area contributed by atoms with E-state index in [1.165, 1.54) is 0 Å². The Balaban J connectivity index is 2.57. The van der Waals surface area contributed by atoms with Crippen LogP contribution in [0.4, 0.5) is 0 Å². The number of hydrogen-bond donors (Lipinski definition) is 1. The third kappa shape index (κ3) is 2.90. The van der Waals surface area contributed by atoms with E-state index in [9.17, 15) is 4.79 Å². The first kappa shape index (κ1) is 14.7. The van der Waals surface area contributed by atoms with Gasteiger partial charge in [0.1, 0.15) is 10.3 Å². The van der Waals surface area contributed by atoms with Crippen LogP contribution in [0.5, 0.6) is 5.88 Å². The van der Waals surface area contributed by atoms with Crippen molar-refractivity contribution >= 4 is 15.9 Å². The zero-order valence-corrected chi connectivity index (χ0v) is 13.4. The summed E-state index contributed by atoms with van der Waals surface area (Å²) in [5.74, 6) is 1.02. The summed E-state index contributed by atoms with van der Waals surface area (Å²) < 4.78 is 5.48. The minimum absolute atomic E-state index is 0.198. The van der Waals surface area contributed by atoms with Crippen LogP contribution in [0.15, 0.2) is 27.6 Å². The van der Waals surface area contributed by atoms with Crippen molar-refractivity contribution in [1.29, 1.82) is 0 Å². The number of nitrogens with one attached hydrogen (secondary N) is 1. The highest BCUT2D eigenvalue weighted by molar-refractivity contribution is 9.10. The fourth-order valence-corrected chi connectivity index (χ4v) is 2.52. The minimum atomic E-state index is -0.234. The molecule has 2 aromatic rings. The predicted octanol–water partition coefficient (Wildman–Crippen LogP) is 2.90. The molecular formula is C14H16BrN3O2. The maximum absolute atomic E-state index is 12.0. The van der Waals surface area contributed by atoms with Gasteiger partial charge in [-0.3, -0.25) is 4.79 Å². The van der Waals surface area contributed by atoms with Crippen LogP contribution in [0.3, 0.4) is 0 Å². The maximum atomic E-state index is 12.0. The number of hydrogen-bond acceptors (Lipinski definition) is 4. The number of halogens is 1. The molecule has 0 amide bonds. The first-order chi connectivity index (χ1) is 9.32. The lowest BCUT2D eigenvalue weighted by Crippen LogP contribution is -2.22. The summed E-state index contributed by atoms with van der Waals surface area (Å²) >= 11 is 3.30. The smallest absolute Gasteiger partial charge is 0.265 e. The van der Waals surface area contributed by atoms with Gasteiger partial charge in [-0.25, -0.2) is 9.97 Å². The molecule has 0 spiro atoms. The van der Waals surface area contributed by atoms with Crippen LogP contribution in [0.1, 0.15) is 26.5 Å². The van der Waals surface area contributed by atoms with Crippen LogP contribution in [0.25, 0.3) is 11.4 Å². The Kier molecular flexibility index (Phi) is 3.94. The maximum Gasteiger partial charge on any atom is 0.265 e. The third-order valence-corrected chi connectivity index (χ3v) is 3.53. The molecule has 0 saturated carbocycles. The second kappa shape index (κ2) is 5.36. The molecule has 106 valence electrons. The first-order valence-corrected chi connectivity index (χ1v) is 6.93. The number of ether oxygens (including phenoxy) is 1. The summed E-state index contributed by atoms with van der Waals surface area (Å²) in [5.41, 5.74) is 1.02. The summed E-state index contributed by atoms with van der Waals surface area (Å²) in [6.07, 6.45) is 1.62. The molecule has 0 fully saturated rings. The van der Waals surface area contributed by atoms with Gasteiger partial charge in [-0.15, -0.1) is 0 Å². The van der Waals surface area contributed by atoms with Crippen LogP contribution in [0.2, 0.25) is 0 Å². The molecular weight excluding hydrogens is 322 g/mol. The fourth-order valence-electron chi connectivity index (χ4n) is 1.73. The van der Waals surface area contributed by atoms with Crippen LogP contribution < -0.4 is 10.3 Å². The highest BCUT2D eigenvalue weighted by atomic mass is 79.9. The van der Waals surface area contributed by atoms with E-state index >= 15 is 0 Å². The number of H-pyrrole nitrogens is 1. The molecule has 6 heteroatoms. The second-order valence-electron chi connectivity index (χ2n) is 5.42. The Morgan fingerprint density at radius 3 is 2.50 bits per heavy atom. The summed E-state index contributed by atoms with van der Waals surface area (Å²) in [5, 5.41) is 0. The molecule has 0 saturated heterocycles. The third-order valence-electron chi connectivity index (χ3n) is 2.79. The van der Waals surface area contributed by atoms with Gasteiger partial charge in [-0.2, -0.15) is 0 Å². The molecule has 2 heterocycles. The lowest BCUT2D eigenvalue weighted by atomic mass is 9.92. The zero-order valence-electron chi connectivity index (χ0n) is 11.8. The van der Waals surface area contributed by atoms with Crippen molar-refractivity contribution in [1.82, 2.24) is 15.0 Å². The normalized spacial score (nSPS) is 11.4. The van der Waals surface area contributed by atoms with Gasteiger partial charge in [-0.05, 0) is 22.0 Å². The van der Waals surface area contributed by atoms with Crippen molar-refractivity contribution in [3.05, 3.63) is 38.9 Å². The number of pyridine rings is 1. The van der Waals surface area contributed by atoms with Crippen LogP contribution in [-0.4, -0.2) is 22.1 Å². The van der Waals surface area contributed by atoms with Gasteiger partial charge in [0.05, 0.1) is 12.8 Å². The minimum Gasteiger partial charge on any atom is -0.481 e. The summed E-state index contributed by atoms with van der Waals surface area (Å²) in [6.45, 7) is 6.03. The standard InChI is InChI=1S/C14H16BrN3O2/c1-14(2,3)11-10(15)13(19)18-12(17-11)8-5-6-9(20-4)16-7-8/h5-7H,1-4H3,(H,17,18,19). The number of methoxy groups -OCH3 is 1. The largest absolute Gasteiger partial charge is 0.481 e. The molecule has 1 N–H and O–H groups in total. The van der Waals surface area contributed by atoms with E-state index < -0.39 is 0 Å². The van der Waals surface area contributed by atoms with Gasteiger partial charge in [-0.1, -0.05) is 20.8 Å². The van der Waals surface area contributed by atoms with Crippen molar-refractivity contribution in [3.63, 3.8) is 0 Å². The molecule has 5 nitrogen and oxygen atoms in total. The van der Waals surface area contributed by atoms with E-state index in [0.717, 1.165) is 5.56 Å². The van der Waals surface area contributed by atoms with Crippen molar-refractivity contribution in [2.45, 2.75) is 26.2 Å². The van der Waals surface area contributed by atoms with Gasteiger partial charge in [0.15, 0.2) is 0 Å². The van der Waals surface area contributed by atoms with Crippen molar-refractivity contribution < 1.29 is 4.74 Å². The van der Waals surface area contributed by atoms with Gasteiger partial charge in [0.2, 0.25) is 5.88 Å². The van der Waals surface area contributed by atoms with E-state index in [2.05, 4.69) is 30.9 Å². The van der Waals surface area contributed by atoms with Gasteiger partial charge < -0.3 is 9.72 Å². The molecule has 0 aliphatic heterocycles. The van der Waals surface area contributed by atoms with Gasteiger partial charge in [0, 0.05) is 23.2 Å². The fraction of sp³-hybridized carbons (Fsp3) is 0.357.